The van der Waals surface area contributed by atoms with Crippen molar-refractivity contribution in [2.24, 2.45) is 5.92 Å². The number of ether oxygens (including phenoxy) is 1. The molecule has 2 aromatic rings. The summed E-state index contributed by atoms with van der Waals surface area (Å²) in [6.07, 6.45) is 4.83. The number of fused-ring (bicyclic) bond motifs is 3. The predicted octanol–water partition coefficient (Wildman–Crippen LogP) is 2.92. The Morgan fingerprint density at radius 1 is 1.24 bits per heavy atom. The lowest BCUT2D eigenvalue weighted by atomic mass is 9.99. The van der Waals surface area contributed by atoms with Gasteiger partial charge in [0.2, 0.25) is 0 Å². The summed E-state index contributed by atoms with van der Waals surface area (Å²) in [6.45, 7) is 3.86. The Morgan fingerprint density at radius 3 is 2.80 bits per heavy atom. The fourth-order valence-electron chi connectivity index (χ4n) is 3.85. The summed E-state index contributed by atoms with van der Waals surface area (Å²) >= 11 is 0. The molecule has 5 heteroatoms. The topological polar surface area (TPSA) is 59.8 Å². The van der Waals surface area contributed by atoms with Crippen LogP contribution in [0, 0.1) is 5.92 Å². The van der Waals surface area contributed by atoms with Crippen molar-refractivity contribution < 1.29 is 13.9 Å². The highest BCUT2D eigenvalue weighted by Gasteiger charge is 2.22. The fraction of sp³-hybridized carbons (Fsp3) is 0.500. The minimum Gasteiger partial charge on any atom is -0.484 e. The van der Waals surface area contributed by atoms with E-state index >= 15 is 0 Å². The number of hydrogen-bond acceptors (Lipinski definition) is 4. The first kappa shape index (κ1) is 16.2. The summed E-state index contributed by atoms with van der Waals surface area (Å²) in [5, 5.41) is 0.982. The van der Waals surface area contributed by atoms with E-state index in [2.05, 4.69) is 6.92 Å². The van der Waals surface area contributed by atoms with Gasteiger partial charge in [-0.3, -0.25) is 4.79 Å². The average molecular weight is 341 g/mol. The number of benzene rings is 1. The van der Waals surface area contributed by atoms with E-state index < -0.39 is 0 Å². The molecule has 2 aliphatic rings. The Labute approximate surface area is 146 Å². The summed E-state index contributed by atoms with van der Waals surface area (Å²) < 4.78 is 11.1. The van der Waals surface area contributed by atoms with Gasteiger partial charge in [0.05, 0.1) is 0 Å². The normalized spacial score (nSPS) is 17.7. The maximum atomic E-state index is 12.3. The molecule has 1 fully saturated rings. The number of carbonyl (C=O) groups is 1. The van der Waals surface area contributed by atoms with Gasteiger partial charge in [0, 0.05) is 30.1 Å². The molecule has 0 atom stereocenters. The van der Waals surface area contributed by atoms with Crippen molar-refractivity contribution in [3.8, 4) is 5.75 Å². The molecule has 2 heterocycles. The van der Waals surface area contributed by atoms with Gasteiger partial charge in [-0.15, -0.1) is 0 Å². The summed E-state index contributed by atoms with van der Waals surface area (Å²) in [4.78, 5) is 26.2. The smallest absolute Gasteiger partial charge is 0.339 e. The van der Waals surface area contributed by atoms with Gasteiger partial charge in [-0.05, 0) is 55.7 Å². The molecule has 4 rings (SSSR count). The van der Waals surface area contributed by atoms with Gasteiger partial charge in [0.1, 0.15) is 11.3 Å². The first-order valence-electron chi connectivity index (χ1n) is 9.11. The molecule has 1 amide bonds. The lowest BCUT2D eigenvalue weighted by molar-refractivity contribution is -0.134. The van der Waals surface area contributed by atoms with Gasteiger partial charge >= 0.3 is 5.63 Å². The van der Waals surface area contributed by atoms with E-state index in [1.807, 2.05) is 17.0 Å². The van der Waals surface area contributed by atoms with Crippen molar-refractivity contribution in [3.05, 3.63) is 39.7 Å². The number of nitrogens with zero attached hydrogens (tertiary/aromatic N) is 1. The summed E-state index contributed by atoms with van der Waals surface area (Å²) in [6, 6.07) is 5.51. The predicted molar refractivity (Wildman–Crippen MR) is 95.0 cm³/mol. The number of rotatable bonds is 3. The third-order valence-electron chi connectivity index (χ3n) is 5.44. The number of aryl methyl sites for hydroxylation is 1. The van der Waals surface area contributed by atoms with Crippen LogP contribution in [0.25, 0.3) is 11.0 Å². The van der Waals surface area contributed by atoms with Gasteiger partial charge in [0.25, 0.3) is 5.91 Å². The molecule has 1 aliphatic carbocycles. The zero-order valence-corrected chi connectivity index (χ0v) is 14.5. The molecular formula is C20H23NO4. The second-order valence-corrected chi connectivity index (χ2v) is 7.21. The van der Waals surface area contributed by atoms with Crippen molar-refractivity contribution in [1.29, 1.82) is 0 Å². The highest BCUT2D eigenvalue weighted by molar-refractivity contribution is 5.83. The van der Waals surface area contributed by atoms with E-state index in [1.165, 1.54) is 0 Å². The van der Waals surface area contributed by atoms with Crippen LogP contribution in [0.1, 0.15) is 37.3 Å². The summed E-state index contributed by atoms with van der Waals surface area (Å²) in [5.41, 5.74) is 2.23. The Hall–Kier alpha value is -2.30. The Morgan fingerprint density at radius 2 is 2.00 bits per heavy atom. The first-order chi connectivity index (χ1) is 12.1. The molecular weight excluding hydrogens is 318 g/mol. The van der Waals surface area contributed by atoms with Crippen molar-refractivity contribution in [2.75, 3.05) is 19.7 Å². The number of piperidine rings is 1. The molecule has 1 aromatic carbocycles. The number of likely N-dealkylation sites (tertiary alicyclic amines) is 1. The first-order valence-corrected chi connectivity index (χ1v) is 9.11. The van der Waals surface area contributed by atoms with Crippen LogP contribution >= 0.6 is 0 Å². The van der Waals surface area contributed by atoms with E-state index in [1.54, 1.807) is 6.07 Å². The third kappa shape index (κ3) is 3.15. The molecule has 0 saturated carbocycles. The van der Waals surface area contributed by atoms with E-state index in [-0.39, 0.29) is 18.1 Å². The summed E-state index contributed by atoms with van der Waals surface area (Å²) in [5.74, 6) is 1.27. The SMILES string of the molecule is CC1CCN(C(=O)COc2ccc3c4c(c(=O)oc3c2)CCC4)CC1. The standard InChI is InChI=1S/C20H23NO4/c1-13-7-9-21(10-8-13)19(22)12-24-14-5-6-16-15-3-2-4-17(15)20(23)25-18(16)11-14/h5-6,11,13H,2-4,7-10,12H2,1H3. The van der Waals surface area contributed by atoms with Crippen LogP contribution in [0.2, 0.25) is 0 Å². The second kappa shape index (κ2) is 6.54. The molecule has 0 bridgehead atoms. The molecule has 5 nitrogen and oxygen atoms in total. The second-order valence-electron chi connectivity index (χ2n) is 7.21. The van der Waals surface area contributed by atoms with Crippen LogP contribution in [-0.2, 0) is 17.6 Å². The van der Waals surface area contributed by atoms with Crippen molar-refractivity contribution in [1.82, 2.24) is 4.90 Å². The minimum atomic E-state index is -0.240. The van der Waals surface area contributed by atoms with E-state index in [4.69, 9.17) is 9.15 Å². The van der Waals surface area contributed by atoms with Crippen LogP contribution in [0.15, 0.2) is 27.4 Å². The van der Waals surface area contributed by atoms with Gasteiger partial charge in [0.15, 0.2) is 6.61 Å². The Kier molecular flexibility index (Phi) is 4.24. The Balaban J connectivity index is 1.48. The number of hydrogen-bond donors (Lipinski definition) is 0. The molecule has 0 radical (unpaired) electrons. The van der Waals surface area contributed by atoms with Crippen LogP contribution in [0.3, 0.4) is 0 Å². The molecule has 25 heavy (non-hydrogen) atoms. The lowest BCUT2D eigenvalue weighted by Crippen LogP contribution is -2.40. The zero-order valence-electron chi connectivity index (χ0n) is 14.5. The molecule has 1 saturated heterocycles. The number of amides is 1. The van der Waals surface area contributed by atoms with E-state index in [9.17, 15) is 9.59 Å². The highest BCUT2D eigenvalue weighted by atomic mass is 16.5. The van der Waals surface area contributed by atoms with E-state index in [0.29, 0.717) is 17.3 Å². The molecule has 1 aromatic heterocycles. The highest BCUT2D eigenvalue weighted by Crippen LogP contribution is 2.29. The monoisotopic (exact) mass is 341 g/mol. The quantitative estimate of drug-likeness (QED) is 0.806. The van der Waals surface area contributed by atoms with Crippen LogP contribution in [-0.4, -0.2) is 30.5 Å². The van der Waals surface area contributed by atoms with Crippen LogP contribution < -0.4 is 10.4 Å². The lowest BCUT2D eigenvalue weighted by Gasteiger charge is -2.30. The maximum Gasteiger partial charge on any atom is 0.339 e. The Bertz CT molecular complexity index is 862. The summed E-state index contributed by atoms with van der Waals surface area (Å²) in [7, 11) is 0. The molecule has 0 unspecified atom stereocenters. The van der Waals surface area contributed by atoms with Crippen molar-refractivity contribution in [2.45, 2.75) is 39.0 Å². The molecule has 0 spiro atoms. The molecule has 132 valence electrons. The largest absolute Gasteiger partial charge is 0.484 e. The van der Waals surface area contributed by atoms with E-state index in [0.717, 1.165) is 61.7 Å². The molecule has 0 N–H and O–H groups in total. The van der Waals surface area contributed by atoms with Crippen molar-refractivity contribution >= 4 is 16.9 Å². The maximum absolute atomic E-state index is 12.3. The zero-order chi connectivity index (χ0) is 17.4. The molecule has 1 aliphatic heterocycles. The van der Waals surface area contributed by atoms with Gasteiger partial charge < -0.3 is 14.1 Å². The van der Waals surface area contributed by atoms with Crippen LogP contribution in [0.5, 0.6) is 5.75 Å². The van der Waals surface area contributed by atoms with Gasteiger partial charge in [-0.25, -0.2) is 4.79 Å². The number of carbonyl (C=O) groups excluding carboxylic acids is 1. The van der Waals surface area contributed by atoms with Gasteiger partial charge in [-0.1, -0.05) is 6.92 Å². The fourth-order valence-corrected chi connectivity index (χ4v) is 3.85. The van der Waals surface area contributed by atoms with Crippen LogP contribution in [0.4, 0.5) is 0 Å². The minimum absolute atomic E-state index is 0.0161. The average Bonchev–Trinajstić information content (AvgIpc) is 3.11. The van der Waals surface area contributed by atoms with Crippen molar-refractivity contribution in [3.63, 3.8) is 0 Å². The van der Waals surface area contributed by atoms with Gasteiger partial charge in [-0.2, -0.15) is 0 Å². The third-order valence-corrected chi connectivity index (χ3v) is 5.44.